The van der Waals surface area contributed by atoms with E-state index in [0.29, 0.717) is 5.92 Å². The first-order valence-electron chi connectivity index (χ1n) is 5.69. The molecule has 1 heterocycles. The van der Waals surface area contributed by atoms with Crippen LogP contribution in [0, 0.1) is 5.92 Å². The molecule has 80 valence electrons. The molecule has 2 rings (SSSR count). The van der Waals surface area contributed by atoms with Gasteiger partial charge in [-0.3, -0.25) is 4.90 Å². The molecule has 1 fully saturated rings. The van der Waals surface area contributed by atoms with Crippen molar-refractivity contribution in [3.8, 4) is 0 Å². The molecular weight excluding hydrogens is 182 g/mol. The minimum atomic E-state index is 0.706. The van der Waals surface area contributed by atoms with E-state index in [0.717, 1.165) is 13.1 Å². The Balaban J connectivity index is 1.94. The van der Waals surface area contributed by atoms with Gasteiger partial charge in [0.25, 0.3) is 0 Å². The fourth-order valence-corrected chi connectivity index (χ4v) is 2.08. The lowest BCUT2D eigenvalue weighted by Gasteiger charge is -2.32. The van der Waals surface area contributed by atoms with Crippen LogP contribution in [0.2, 0.25) is 0 Å². The number of likely N-dealkylation sites (tertiary alicyclic amines) is 1. The van der Waals surface area contributed by atoms with Crippen molar-refractivity contribution < 1.29 is 0 Å². The molecule has 1 aliphatic heterocycles. The largest absolute Gasteiger partial charge is 0.295 e. The van der Waals surface area contributed by atoms with Gasteiger partial charge in [0, 0.05) is 13.1 Å². The summed E-state index contributed by atoms with van der Waals surface area (Å²) in [6.07, 6.45) is 1.26. The van der Waals surface area contributed by atoms with Crippen molar-refractivity contribution in [2.75, 3.05) is 13.1 Å². The van der Waals surface area contributed by atoms with E-state index in [9.17, 15) is 0 Å². The van der Waals surface area contributed by atoms with E-state index in [1.165, 1.54) is 24.1 Å². The van der Waals surface area contributed by atoms with Crippen molar-refractivity contribution >= 4 is 0 Å². The first-order chi connectivity index (χ1) is 7.25. The van der Waals surface area contributed by atoms with Crippen LogP contribution in [-0.2, 0) is 6.54 Å². The van der Waals surface area contributed by atoms with E-state index in [-0.39, 0.29) is 0 Å². The molecule has 0 aliphatic carbocycles. The summed E-state index contributed by atoms with van der Waals surface area (Å²) in [5.41, 5.74) is 2.79. The first-order valence-corrected chi connectivity index (χ1v) is 5.69. The fraction of sp³-hybridized carbons (Fsp3) is 0.429. The average Bonchev–Trinajstić information content (AvgIpc) is 2.25. The Morgan fingerprint density at radius 1 is 1.33 bits per heavy atom. The smallest absolute Gasteiger partial charge is 0.0237 e. The van der Waals surface area contributed by atoms with Crippen LogP contribution >= 0.6 is 0 Å². The first kappa shape index (κ1) is 10.4. The van der Waals surface area contributed by atoms with Gasteiger partial charge in [-0.1, -0.05) is 49.4 Å². The number of nitrogens with zero attached hydrogens (tertiary/aromatic N) is 1. The summed E-state index contributed by atoms with van der Waals surface area (Å²) >= 11 is 0. The van der Waals surface area contributed by atoms with E-state index in [4.69, 9.17) is 0 Å². The number of hydrogen-bond donors (Lipinski definition) is 0. The quantitative estimate of drug-likeness (QED) is 0.665. The van der Waals surface area contributed by atoms with Crippen molar-refractivity contribution in [3.63, 3.8) is 0 Å². The Morgan fingerprint density at radius 2 is 2.07 bits per heavy atom. The SMILES string of the molecule is C=C1CN(Cc2ccccc2)CCC1C. The Hall–Kier alpha value is -1.08. The van der Waals surface area contributed by atoms with Gasteiger partial charge in [0.05, 0.1) is 0 Å². The summed E-state index contributed by atoms with van der Waals surface area (Å²) < 4.78 is 0. The summed E-state index contributed by atoms with van der Waals surface area (Å²) in [7, 11) is 0. The molecule has 15 heavy (non-hydrogen) atoms. The Labute approximate surface area is 92.4 Å². The molecule has 0 aromatic heterocycles. The molecule has 0 amide bonds. The Morgan fingerprint density at radius 3 is 2.73 bits per heavy atom. The topological polar surface area (TPSA) is 3.24 Å². The highest BCUT2D eigenvalue weighted by atomic mass is 15.1. The van der Waals surface area contributed by atoms with Crippen LogP contribution in [0.5, 0.6) is 0 Å². The minimum Gasteiger partial charge on any atom is -0.295 e. The van der Waals surface area contributed by atoms with Gasteiger partial charge in [0.2, 0.25) is 0 Å². The molecule has 1 heteroatoms. The number of hydrogen-bond acceptors (Lipinski definition) is 1. The van der Waals surface area contributed by atoms with E-state index in [1.807, 2.05) is 0 Å². The maximum absolute atomic E-state index is 4.15. The molecule has 1 nitrogen and oxygen atoms in total. The van der Waals surface area contributed by atoms with Gasteiger partial charge in [0.1, 0.15) is 0 Å². The third kappa shape index (κ3) is 2.69. The summed E-state index contributed by atoms with van der Waals surface area (Å²) in [6.45, 7) is 9.76. The van der Waals surface area contributed by atoms with Crippen molar-refractivity contribution in [2.24, 2.45) is 5.92 Å². The molecule has 1 aromatic carbocycles. The lowest BCUT2D eigenvalue weighted by Crippen LogP contribution is -2.33. The lowest BCUT2D eigenvalue weighted by molar-refractivity contribution is 0.232. The highest BCUT2D eigenvalue weighted by Gasteiger charge is 2.18. The Bertz CT molecular complexity index is 328. The van der Waals surface area contributed by atoms with Crippen LogP contribution < -0.4 is 0 Å². The third-order valence-corrected chi connectivity index (χ3v) is 3.25. The van der Waals surface area contributed by atoms with Crippen molar-refractivity contribution in [1.29, 1.82) is 0 Å². The van der Waals surface area contributed by atoms with Crippen molar-refractivity contribution in [3.05, 3.63) is 48.0 Å². The van der Waals surface area contributed by atoms with Crippen LogP contribution in [0.3, 0.4) is 0 Å². The molecule has 0 saturated carbocycles. The van der Waals surface area contributed by atoms with Crippen molar-refractivity contribution in [2.45, 2.75) is 19.9 Å². The van der Waals surface area contributed by atoms with E-state index >= 15 is 0 Å². The molecule has 0 spiro atoms. The van der Waals surface area contributed by atoms with Gasteiger partial charge in [-0.2, -0.15) is 0 Å². The second kappa shape index (κ2) is 4.63. The van der Waals surface area contributed by atoms with Gasteiger partial charge in [-0.05, 0) is 24.4 Å². The highest BCUT2D eigenvalue weighted by Crippen LogP contribution is 2.21. The van der Waals surface area contributed by atoms with Gasteiger partial charge < -0.3 is 0 Å². The zero-order valence-corrected chi connectivity index (χ0v) is 9.45. The monoisotopic (exact) mass is 201 g/mol. The molecule has 1 saturated heterocycles. The lowest BCUT2D eigenvalue weighted by atomic mass is 9.94. The second-order valence-corrected chi connectivity index (χ2v) is 4.54. The predicted octanol–water partition coefficient (Wildman–Crippen LogP) is 3.08. The second-order valence-electron chi connectivity index (χ2n) is 4.54. The van der Waals surface area contributed by atoms with Crippen LogP contribution in [0.25, 0.3) is 0 Å². The summed E-state index contributed by atoms with van der Waals surface area (Å²) in [5, 5.41) is 0. The minimum absolute atomic E-state index is 0.706. The molecule has 1 aromatic rings. The van der Waals surface area contributed by atoms with Crippen LogP contribution in [0.1, 0.15) is 18.9 Å². The number of piperidine rings is 1. The maximum atomic E-state index is 4.15. The summed E-state index contributed by atoms with van der Waals surface area (Å²) in [6, 6.07) is 10.7. The number of rotatable bonds is 2. The standard InChI is InChI=1S/C14H19N/c1-12-8-9-15(10-13(12)2)11-14-6-4-3-5-7-14/h3-7,12H,2,8-11H2,1H3. The summed E-state index contributed by atoms with van der Waals surface area (Å²) in [5.74, 6) is 0.706. The van der Waals surface area contributed by atoms with E-state index in [2.05, 4.69) is 48.7 Å². The van der Waals surface area contributed by atoms with Gasteiger partial charge in [-0.25, -0.2) is 0 Å². The number of benzene rings is 1. The Kier molecular flexibility index (Phi) is 3.22. The molecule has 1 atom stereocenters. The average molecular weight is 201 g/mol. The van der Waals surface area contributed by atoms with Crippen LogP contribution in [-0.4, -0.2) is 18.0 Å². The van der Waals surface area contributed by atoms with E-state index < -0.39 is 0 Å². The van der Waals surface area contributed by atoms with Gasteiger partial charge in [0.15, 0.2) is 0 Å². The molecule has 1 aliphatic rings. The zero-order chi connectivity index (χ0) is 10.7. The highest BCUT2D eigenvalue weighted by molar-refractivity contribution is 5.15. The zero-order valence-electron chi connectivity index (χ0n) is 9.45. The normalized spacial score (nSPS) is 23.0. The fourth-order valence-electron chi connectivity index (χ4n) is 2.08. The molecular formula is C14H19N. The maximum Gasteiger partial charge on any atom is 0.0237 e. The molecule has 1 unspecified atom stereocenters. The van der Waals surface area contributed by atoms with E-state index in [1.54, 1.807) is 0 Å². The molecule has 0 N–H and O–H groups in total. The van der Waals surface area contributed by atoms with Crippen LogP contribution in [0.15, 0.2) is 42.5 Å². The third-order valence-electron chi connectivity index (χ3n) is 3.25. The molecule has 0 radical (unpaired) electrons. The van der Waals surface area contributed by atoms with Gasteiger partial charge >= 0.3 is 0 Å². The van der Waals surface area contributed by atoms with Gasteiger partial charge in [-0.15, -0.1) is 0 Å². The summed E-state index contributed by atoms with van der Waals surface area (Å²) in [4.78, 5) is 2.48. The van der Waals surface area contributed by atoms with Crippen LogP contribution in [0.4, 0.5) is 0 Å². The van der Waals surface area contributed by atoms with Crippen molar-refractivity contribution in [1.82, 2.24) is 4.90 Å². The molecule has 0 bridgehead atoms. The predicted molar refractivity (Wildman–Crippen MR) is 64.6 cm³/mol.